The molecule has 1 rings (SSSR count). The number of ether oxygens (including phenoxy) is 1. The Kier molecular flexibility index (Phi) is 6.76. The number of unbranched alkanes of at least 4 members (excludes halogenated alkanes) is 1. The molecule has 0 aromatic heterocycles. The van der Waals surface area contributed by atoms with Crippen molar-refractivity contribution in [3.63, 3.8) is 0 Å². The maximum absolute atomic E-state index is 5.32. The number of methoxy groups -OCH3 is 1. The van der Waals surface area contributed by atoms with Crippen LogP contribution in [-0.4, -0.2) is 27.2 Å². The third kappa shape index (κ3) is 4.31. The van der Waals surface area contributed by atoms with Gasteiger partial charge in [0.05, 0.1) is 7.11 Å². The van der Waals surface area contributed by atoms with Crippen molar-refractivity contribution in [2.75, 3.05) is 27.2 Å². The van der Waals surface area contributed by atoms with Crippen molar-refractivity contribution in [3.8, 4) is 5.75 Å². The van der Waals surface area contributed by atoms with Crippen LogP contribution < -0.4 is 15.4 Å². The van der Waals surface area contributed by atoms with Gasteiger partial charge < -0.3 is 15.4 Å². The number of rotatable bonds is 8. The van der Waals surface area contributed by atoms with Crippen molar-refractivity contribution in [2.45, 2.75) is 33.2 Å². The number of hydrogen-bond donors (Lipinski definition) is 2. The van der Waals surface area contributed by atoms with Gasteiger partial charge in [-0.15, -0.1) is 0 Å². The molecule has 0 bridgehead atoms. The minimum Gasteiger partial charge on any atom is -0.496 e. The Hall–Kier alpha value is -1.06. The second kappa shape index (κ2) is 8.11. The van der Waals surface area contributed by atoms with E-state index in [4.69, 9.17) is 4.74 Å². The summed E-state index contributed by atoms with van der Waals surface area (Å²) in [6, 6.07) is 4.21. The topological polar surface area (TPSA) is 33.3 Å². The summed E-state index contributed by atoms with van der Waals surface area (Å²) in [7, 11) is 3.72. The molecule has 3 heteroatoms. The standard InChI is InChI=1S/C15H26N2O/c1-12-13(2)15(18-4)8-7-14(12)11-17-10-6-5-9-16-3/h7-8,16-17H,5-6,9-11H2,1-4H3. The molecule has 0 atom stereocenters. The van der Waals surface area contributed by atoms with E-state index in [1.807, 2.05) is 7.05 Å². The van der Waals surface area contributed by atoms with Crippen molar-refractivity contribution < 1.29 is 4.74 Å². The van der Waals surface area contributed by atoms with Gasteiger partial charge in [-0.25, -0.2) is 0 Å². The number of benzene rings is 1. The van der Waals surface area contributed by atoms with Gasteiger partial charge in [-0.2, -0.15) is 0 Å². The second-order valence-electron chi connectivity index (χ2n) is 4.66. The number of nitrogens with one attached hydrogen (secondary N) is 2. The van der Waals surface area contributed by atoms with E-state index in [9.17, 15) is 0 Å². The Morgan fingerprint density at radius 3 is 2.44 bits per heavy atom. The van der Waals surface area contributed by atoms with Gasteiger partial charge in [0.2, 0.25) is 0 Å². The Morgan fingerprint density at radius 2 is 1.78 bits per heavy atom. The lowest BCUT2D eigenvalue weighted by atomic mass is 10.0. The van der Waals surface area contributed by atoms with Crippen molar-refractivity contribution in [1.82, 2.24) is 10.6 Å². The van der Waals surface area contributed by atoms with Gasteiger partial charge in [0, 0.05) is 6.54 Å². The summed E-state index contributed by atoms with van der Waals surface area (Å²) in [6.07, 6.45) is 2.44. The van der Waals surface area contributed by atoms with Crippen LogP contribution in [0.1, 0.15) is 29.5 Å². The van der Waals surface area contributed by atoms with Gasteiger partial charge >= 0.3 is 0 Å². The maximum Gasteiger partial charge on any atom is 0.122 e. The minimum atomic E-state index is 0.941. The van der Waals surface area contributed by atoms with E-state index in [2.05, 4.69) is 36.6 Å². The molecule has 0 radical (unpaired) electrons. The lowest BCUT2D eigenvalue weighted by Crippen LogP contribution is -2.17. The SMILES string of the molecule is CNCCCCNCc1ccc(OC)c(C)c1C. The molecule has 0 fully saturated rings. The largest absolute Gasteiger partial charge is 0.496 e. The van der Waals surface area contributed by atoms with Crippen LogP contribution >= 0.6 is 0 Å². The normalized spacial score (nSPS) is 10.7. The zero-order valence-electron chi connectivity index (χ0n) is 12.1. The highest BCUT2D eigenvalue weighted by molar-refractivity contribution is 5.43. The van der Waals surface area contributed by atoms with Crippen molar-refractivity contribution in [1.29, 1.82) is 0 Å². The fourth-order valence-electron chi connectivity index (χ4n) is 2.04. The molecular formula is C15H26N2O. The number of hydrogen-bond acceptors (Lipinski definition) is 3. The Morgan fingerprint density at radius 1 is 1.06 bits per heavy atom. The third-order valence-corrected chi connectivity index (χ3v) is 3.42. The first-order chi connectivity index (χ1) is 8.70. The summed E-state index contributed by atoms with van der Waals surface area (Å²) in [6.45, 7) is 7.39. The molecular weight excluding hydrogens is 224 g/mol. The van der Waals surface area contributed by atoms with Gasteiger partial charge in [0.1, 0.15) is 5.75 Å². The zero-order chi connectivity index (χ0) is 13.4. The third-order valence-electron chi connectivity index (χ3n) is 3.42. The smallest absolute Gasteiger partial charge is 0.122 e. The molecule has 0 saturated heterocycles. The van der Waals surface area contributed by atoms with Gasteiger partial charge in [-0.3, -0.25) is 0 Å². The quantitative estimate of drug-likeness (QED) is 0.695. The van der Waals surface area contributed by atoms with E-state index in [1.165, 1.54) is 29.5 Å². The van der Waals surface area contributed by atoms with E-state index in [0.717, 1.165) is 25.4 Å². The molecule has 0 aliphatic heterocycles. The molecule has 18 heavy (non-hydrogen) atoms. The minimum absolute atomic E-state index is 0.941. The van der Waals surface area contributed by atoms with E-state index in [0.29, 0.717) is 0 Å². The second-order valence-corrected chi connectivity index (χ2v) is 4.66. The summed E-state index contributed by atoms with van der Waals surface area (Å²) < 4.78 is 5.32. The molecule has 1 aromatic carbocycles. The van der Waals surface area contributed by atoms with Crippen molar-refractivity contribution in [2.24, 2.45) is 0 Å². The summed E-state index contributed by atoms with van der Waals surface area (Å²) in [5.41, 5.74) is 3.94. The molecule has 102 valence electrons. The molecule has 0 unspecified atom stereocenters. The van der Waals surface area contributed by atoms with Crippen LogP contribution in [0.15, 0.2) is 12.1 Å². The van der Waals surface area contributed by atoms with Crippen LogP contribution in [0.4, 0.5) is 0 Å². The van der Waals surface area contributed by atoms with Crippen molar-refractivity contribution in [3.05, 3.63) is 28.8 Å². The van der Waals surface area contributed by atoms with Gasteiger partial charge in [0.15, 0.2) is 0 Å². The van der Waals surface area contributed by atoms with Crippen LogP contribution in [0, 0.1) is 13.8 Å². The highest BCUT2D eigenvalue weighted by Crippen LogP contribution is 2.23. The molecule has 0 aliphatic carbocycles. The lowest BCUT2D eigenvalue weighted by Gasteiger charge is -2.13. The fourth-order valence-corrected chi connectivity index (χ4v) is 2.04. The van der Waals surface area contributed by atoms with Gasteiger partial charge in [-0.05, 0) is 69.6 Å². The monoisotopic (exact) mass is 250 g/mol. The zero-order valence-corrected chi connectivity index (χ0v) is 12.1. The molecule has 1 aromatic rings. The van der Waals surface area contributed by atoms with Gasteiger partial charge in [0.25, 0.3) is 0 Å². The Balaban J connectivity index is 2.41. The lowest BCUT2D eigenvalue weighted by molar-refractivity contribution is 0.411. The highest BCUT2D eigenvalue weighted by Gasteiger charge is 2.05. The van der Waals surface area contributed by atoms with Gasteiger partial charge in [-0.1, -0.05) is 6.07 Å². The average molecular weight is 250 g/mol. The van der Waals surface area contributed by atoms with Crippen LogP contribution in [0.2, 0.25) is 0 Å². The average Bonchev–Trinajstić information content (AvgIpc) is 2.38. The predicted octanol–water partition coefficient (Wildman–Crippen LogP) is 2.40. The van der Waals surface area contributed by atoms with Crippen LogP contribution in [-0.2, 0) is 6.54 Å². The molecule has 3 nitrogen and oxygen atoms in total. The van der Waals surface area contributed by atoms with E-state index < -0.39 is 0 Å². The molecule has 0 saturated carbocycles. The van der Waals surface area contributed by atoms with Crippen LogP contribution in [0.3, 0.4) is 0 Å². The molecule has 0 aliphatic rings. The summed E-state index contributed by atoms with van der Waals surface area (Å²) in [5.74, 6) is 0.977. The summed E-state index contributed by atoms with van der Waals surface area (Å²) in [5, 5.41) is 6.66. The first-order valence-electron chi connectivity index (χ1n) is 6.69. The van der Waals surface area contributed by atoms with E-state index in [-0.39, 0.29) is 0 Å². The predicted molar refractivity (Wildman–Crippen MR) is 77.3 cm³/mol. The van der Waals surface area contributed by atoms with Crippen LogP contribution in [0.25, 0.3) is 0 Å². The van der Waals surface area contributed by atoms with Crippen molar-refractivity contribution >= 4 is 0 Å². The van der Waals surface area contributed by atoms with Crippen LogP contribution in [0.5, 0.6) is 5.75 Å². The Labute approximate surface area is 111 Å². The first kappa shape index (κ1) is 15.0. The summed E-state index contributed by atoms with van der Waals surface area (Å²) >= 11 is 0. The maximum atomic E-state index is 5.32. The molecule has 0 spiro atoms. The Bertz CT molecular complexity index is 364. The van der Waals surface area contributed by atoms with E-state index >= 15 is 0 Å². The molecule has 2 N–H and O–H groups in total. The highest BCUT2D eigenvalue weighted by atomic mass is 16.5. The summed E-state index contributed by atoms with van der Waals surface area (Å²) in [4.78, 5) is 0. The molecule has 0 heterocycles. The first-order valence-corrected chi connectivity index (χ1v) is 6.69. The fraction of sp³-hybridized carbons (Fsp3) is 0.600. The van der Waals surface area contributed by atoms with E-state index in [1.54, 1.807) is 7.11 Å². The molecule has 0 amide bonds.